The lowest BCUT2D eigenvalue weighted by molar-refractivity contribution is 1.19. The van der Waals surface area contributed by atoms with E-state index in [1.807, 2.05) is 6.08 Å². The van der Waals surface area contributed by atoms with Crippen LogP contribution in [0.4, 0.5) is 28.4 Å². The minimum atomic E-state index is 0.841. The SMILES string of the molecule is C=C/C=C(\C=C/Cc1ccccc1)N(c1ccccc1)c1ccc(-c2ccccc2-c2cccc(-c3ccccc3-c3ccc(N(c4ccccc4)c4ccc(-c5ccccc5)cc4)cc3)c2)cc1. The van der Waals surface area contributed by atoms with Crippen LogP contribution in [0.3, 0.4) is 0 Å². The van der Waals surface area contributed by atoms with Gasteiger partial charge in [0.05, 0.1) is 0 Å². The second-order valence-electron chi connectivity index (χ2n) is 16.9. The van der Waals surface area contributed by atoms with Crippen molar-refractivity contribution in [3.8, 4) is 55.6 Å². The van der Waals surface area contributed by atoms with E-state index in [4.69, 9.17) is 0 Å². The van der Waals surface area contributed by atoms with Gasteiger partial charge in [0.2, 0.25) is 0 Å². The third-order valence-corrected chi connectivity index (χ3v) is 12.5. The van der Waals surface area contributed by atoms with Crippen LogP contribution in [-0.2, 0) is 6.42 Å². The van der Waals surface area contributed by atoms with Crippen LogP contribution >= 0.6 is 0 Å². The Morgan fingerprint density at radius 3 is 1.20 bits per heavy atom. The van der Waals surface area contributed by atoms with E-state index in [1.54, 1.807) is 0 Å². The van der Waals surface area contributed by atoms with Gasteiger partial charge >= 0.3 is 0 Å². The van der Waals surface area contributed by atoms with E-state index < -0.39 is 0 Å². The number of hydrogen-bond donors (Lipinski definition) is 0. The molecular formula is C67H52N2. The second-order valence-corrected chi connectivity index (χ2v) is 16.9. The predicted octanol–water partition coefficient (Wildman–Crippen LogP) is 18.5. The van der Waals surface area contributed by atoms with Gasteiger partial charge < -0.3 is 9.80 Å². The molecule has 0 aliphatic rings. The molecule has 0 atom stereocenters. The number of anilines is 5. The lowest BCUT2D eigenvalue weighted by Crippen LogP contribution is -2.15. The lowest BCUT2D eigenvalue weighted by Gasteiger charge is -2.26. The number of allylic oxidation sites excluding steroid dienone is 4. The molecular weight excluding hydrogens is 833 g/mol. The third-order valence-electron chi connectivity index (χ3n) is 12.5. The number of nitrogens with zero attached hydrogens (tertiary/aromatic N) is 2. The van der Waals surface area contributed by atoms with Crippen molar-refractivity contribution >= 4 is 28.4 Å². The molecule has 0 heterocycles. The zero-order valence-electron chi connectivity index (χ0n) is 38.5. The molecule has 0 aliphatic heterocycles. The average molecular weight is 885 g/mol. The van der Waals surface area contributed by atoms with Crippen molar-refractivity contribution in [3.63, 3.8) is 0 Å². The van der Waals surface area contributed by atoms with Gasteiger partial charge in [0.15, 0.2) is 0 Å². The Hall–Kier alpha value is -8.98. The Morgan fingerprint density at radius 2 is 0.696 bits per heavy atom. The number of benzene rings is 10. The minimum absolute atomic E-state index is 0.841. The largest absolute Gasteiger partial charge is 0.311 e. The van der Waals surface area contributed by atoms with Crippen LogP contribution in [0, 0.1) is 0 Å². The smallest absolute Gasteiger partial charge is 0.0462 e. The van der Waals surface area contributed by atoms with Gasteiger partial charge in [-0.25, -0.2) is 0 Å². The van der Waals surface area contributed by atoms with E-state index in [1.165, 1.54) is 50.1 Å². The summed E-state index contributed by atoms with van der Waals surface area (Å²) in [4.78, 5) is 4.61. The summed E-state index contributed by atoms with van der Waals surface area (Å²) in [7, 11) is 0. The highest BCUT2D eigenvalue weighted by atomic mass is 15.1. The number of para-hydroxylation sites is 2. The monoisotopic (exact) mass is 884 g/mol. The summed E-state index contributed by atoms with van der Waals surface area (Å²) in [6, 6.07) is 95.4. The van der Waals surface area contributed by atoms with E-state index in [-0.39, 0.29) is 0 Å². The van der Waals surface area contributed by atoms with Crippen LogP contribution in [0.1, 0.15) is 5.56 Å². The minimum Gasteiger partial charge on any atom is -0.311 e. The van der Waals surface area contributed by atoms with Crippen molar-refractivity contribution in [1.29, 1.82) is 0 Å². The molecule has 0 bridgehead atoms. The molecule has 10 aromatic rings. The molecule has 10 aromatic carbocycles. The van der Waals surface area contributed by atoms with E-state index in [0.29, 0.717) is 0 Å². The van der Waals surface area contributed by atoms with Crippen LogP contribution in [0.15, 0.2) is 304 Å². The Kier molecular flexibility index (Phi) is 13.4. The molecule has 2 heteroatoms. The van der Waals surface area contributed by atoms with Crippen molar-refractivity contribution in [2.45, 2.75) is 6.42 Å². The topological polar surface area (TPSA) is 6.48 Å². The maximum Gasteiger partial charge on any atom is 0.0462 e. The van der Waals surface area contributed by atoms with Crippen LogP contribution in [0.2, 0.25) is 0 Å². The van der Waals surface area contributed by atoms with Crippen molar-refractivity contribution in [1.82, 2.24) is 0 Å². The predicted molar refractivity (Wildman–Crippen MR) is 294 cm³/mol. The molecule has 0 spiro atoms. The summed E-state index contributed by atoms with van der Waals surface area (Å²) < 4.78 is 0. The maximum atomic E-state index is 4.07. The average Bonchev–Trinajstić information content (AvgIpc) is 3.43. The fraction of sp³-hybridized carbons (Fsp3) is 0.0149. The zero-order chi connectivity index (χ0) is 46.6. The molecule has 0 saturated heterocycles. The molecule has 0 radical (unpaired) electrons. The van der Waals surface area contributed by atoms with Crippen LogP contribution in [-0.4, -0.2) is 0 Å². The molecule has 2 nitrogen and oxygen atoms in total. The quantitative estimate of drug-likeness (QED) is 0.0947. The molecule has 0 fully saturated rings. The first-order chi connectivity index (χ1) is 34.2. The van der Waals surface area contributed by atoms with Crippen molar-refractivity contribution in [2.75, 3.05) is 9.80 Å². The highest BCUT2D eigenvalue weighted by Gasteiger charge is 2.17. The van der Waals surface area contributed by atoms with Gasteiger partial charge in [-0.1, -0.05) is 219 Å². The van der Waals surface area contributed by atoms with Crippen molar-refractivity contribution < 1.29 is 0 Å². The zero-order valence-corrected chi connectivity index (χ0v) is 38.5. The molecule has 0 N–H and O–H groups in total. The molecule has 0 aliphatic carbocycles. The van der Waals surface area contributed by atoms with Gasteiger partial charge in [0.1, 0.15) is 0 Å². The molecule has 0 saturated carbocycles. The Morgan fingerprint density at radius 1 is 0.333 bits per heavy atom. The fourth-order valence-corrected chi connectivity index (χ4v) is 9.14. The molecule has 330 valence electrons. The van der Waals surface area contributed by atoms with Crippen LogP contribution in [0.25, 0.3) is 55.6 Å². The Bertz CT molecular complexity index is 3320. The Labute approximate surface area is 407 Å². The van der Waals surface area contributed by atoms with E-state index in [2.05, 4.69) is 302 Å². The summed E-state index contributed by atoms with van der Waals surface area (Å²) in [5.41, 5.74) is 19.6. The summed E-state index contributed by atoms with van der Waals surface area (Å²) in [6.07, 6.45) is 9.19. The lowest BCUT2D eigenvalue weighted by atomic mass is 9.90. The first-order valence-electron chi connectivity index (χ1n) is 23.6. The van der Waals surface area contributed by atoms with Crippen molar-refractivity contribution in [2.24, 2.45) is 0 Å². The van der Waals surface area contributed by atoms with E-state index >= 15 is 0 Å². The van der Waals surface area contributed by atoms with Gasteiger partial charge in [-0.15, -0.1) is 0 Å². The highest BCUT2D eigenvalue weighted by Crippen LogP contribution is 2.41. The number of hydrogen-bond acceptors (Lipinski definition) is 2. The van der Waals surface area contributed by atoms with Gasteiger partial charge in [-0.3, -0.25) is 0 Å². The van der Waals surface area contributed by atoms with Crippen molar-refractivity contribution in [3.05, 3.63) is 309 Å². The molecule has 10 rings (SSSR count). The van der Waals surface area contributed by atoms with Gasteiger partial charge in [-0.2, -0.15) is 0 Å². The normalized spacial score (nSPS) is 11.3. The summed E-state index contributed by atoms with van der Waals surface area (Å²) in [5.74, 6) is 0. The second kappa shape index (κ2) is 21.1. The van der Waals surface area contributed by atoms with Gasteiger partial charge in [0.25, 0.3) is 0 Å². The van der Waals surface area contributed by atoms with E-state index in [0.717, 1.165) is 51.7 Å². The molecule has 0 amide bonds. The summed E-state index contributed by atoms with van der Waals surface area (Å²) in [6.45, 7) is 4.07. The van der Waals surface area contributed by atoms with Gasteiger partial charge in [0, 0.05) is 34.1 Å². The Balaban J connectivity index is 0.936. The molecule has 0 aromatic heterocycles. The number of rotatable bonds is 15. The first-order valence-corrected chi connectivity index (χ1v) is 23.6. The standard InChI is InChI=1S/C67H52N2/c1-2-21-58(33-19-24-51-22-7-3-8-23-51)68(59-29-11-5-12-30-59)62-46-40-54(41-47-62)64-34-15-17-36-66(64)56-27-20-28-57(50-56)67-37-18-16-35-65(67)55-42-48-63(49-43-55)69(60-31-13-6-14-32-60)61-44-38-53(39-45-61)52-25-9-4-10-26-52/h2-23,25-50H,1,24H2/b33-19-,58-21+. The summed E-state index contributed by atoms with van der Waals surface area (Å²) >= 11 is 0. The van der Waals surface area contributed by atoms with E-state index in [9.17, 15) is 0 Å². The van der Waals surface area contributed by atoms with Crippen LogP contribution in [0.5, 0.6) is 0 Å². The fourth-order valence-electron chi connectivity index (χ4n) is 9.14. The van der Waals surface area contributed by atoms with Crippen LogP contribution < -0.4 is 9.80 Å². The molecule has 69 heavy (non-hydrogen) atoms. The third kappa shape index (κ3) is 10.1. The summed E-state index contributed by atoms with van der Waals surface area (Å²) in [5, 5.41) is 0. The van der Waals surface area contributed by atoms with Gasteiger partial charge in [-0.05, 0) is 147 Å². The molecule has 0 unspecified atom stereocenters. The highest BCUT2D eigenvalue weighted by molar-refractivity contribution is 5.90. The maximum absolute atomic E-state index is 4.07. The first kappa shape index (κ1) is 43.9.